The minimum absolute atomic E-state index is 0.313. The maximum Gasteiger partial charge on any atom is 0.342 e. The van der Waals surface area contributed by atoms with Crippen LogP contribution in [0.1, 0.15) is 21.7 Å². The number of carboxylic acids is 1. The van der Waals surface area contributed by atoms with Gasteiger partial charge in [-0.25, -0.2) is 14.2 Å². The van der Waals surface area contributed by atoms with Gasteiger partial charge in [-0.15, -0.1) is 0 Å². The molecule has 19 heavy (non-hydrogen) atoms. The van der Waals surface area contributed by atoms with E-state index in [0.717, 1.165) is 6.20 Å². The zero-order valence-electron chi connectivity index (χ0n) is 9.89. The third-order valence-corrected chi connectivity index (χ3v) is 2.67. The van der Waals surface area contributed by atoms with Gasteiger partial charge >= 0.3 is 5.97 Å². The predicted octanol–water partition coefficient (Wildman–Crippen LogP) is 1.39. The molecule has 0 unspecified atom stereocenters. The summed E-state index contributed by atoms with van der Waals surface area (Å²) < 4.78 is 13.4. The molecule has 0 aliphatic rings. The van der Waals surface area contributed by atoms with Crippen molar-refractivity contribution in [3.05, 3.63) is 63.6 Å². The molecule has 1 aromatic carbocycles. The minimum Gasteiger partial charge on any atom is -0.477 e. The van der Waals surface area contributed by atoms with Crippen molar-refractivity contribution in [2.45, 2.75) is 12.8 Å². The van der Waals surface area contributed by atoms with Gasteiger partial charge in [0.15, 0.2) is 0 Å². The number of rotatable bonds is 4. The summed E-state index contributed by atoms with van der Waals surface area (Å²) in [5.41, 5.74) is -0.590. The van der Waals surface area contributed by atoms with Crippen molar-refractivity contribution in [1.82, 2.24) is 9.97 Å². The molecule has 0 saturated carbocycles. The Morgan fingerprint density at radius 3 is 2.68 bits per heavy atom. The van der Waals surface area contributed by atoms with Crippen LogP contribution in [0, 0.1) is 5.82 Å². The Balaban J connectivity index is 2.13. The molecule has 5 nitrogen and oxygen atoms in total. The van der Waals surface area contributed by atoms with Crippen LogP contribution in [0.4, 0.5) is 4.39 Å². The highest BCUT2D eigenvalue weighted by Gasteiger charge is 2.10. The number of hydrogen-bond donors (Lipinski definition) is 2. The van der Waals surface area contributed by atoms with Gasteiger partial charge in [0.25, 0.3) is 5.56 Å². The molecule has 0 aliphatic heterocycles. The number of hydrogen-bond acceptors (Lipinski definition) is 3. The summed E-state index contributed by atoms with van der Waals surface area (Å²) in [4.78, 5) is 28.3. The first-order valence-corrected chi connectivity index (χ1v) is 5.63. The van der Waals surface area contributed by atoms with Crippen LogP contribution in [0.25, 0.3) is 0 Å². The van der Waals surface area contributed by atoms with E-state index >= 15 is 0 Å². The lowest BCUT2D eigenvalue weighted by Crippen LogP contribution is -2.20. The Morgan fingerprint density at radius 1 is 1.32 bits per heavy atom. The predicted molar refractivity (Wildman–Crippen MR) is 65.6 cm³/mol. The molecule has 2 rings (SSSR count). The van der Waals surface area contributed by atoms with Crippen molar-refractivity contribution >= 4 is 5.97 Å². The largest absolute Gasteiger partial charge is 0.477 e. The van der Waals surface area contributed by atoms with E-state index in [9.17, 15) is 14.0 Å². The molecule has 98 valence electrons. The van der Waals surface area contributed by atoms with Crippen molar-refractivity contribution in [1.29, 1.82) is 0 Å². The fourth-order valence-corrected chi connectivity index (χ4v) is 1.67. The molecule has 1 aromatic heterocycles. The molecule has 2 N–H and O–H groups in total. The Morgan fingerprint density at radius 2 is 2.05 bits per heavy atom. The van der Waals surface area contributed by atoms with Crippen LogP contribution in [-0.4, -0.2) is 21.0 Å². The zero-order chi connectivity index (χ0) is 13.8. The molecule has 0 spiro atoms. The van der Waals surface area contributed by atoms with Crippen LogP contribution in [0.5, 0.6) is 0 Å². The van der Waals surface area contributed by atoms with Gasteiger partial charge in [0.2, 0.25) is 0 Å². The molecule has 0 atom stereocenters. The molecule has 0 bridgehead atoms. The Kier molecular flexibility index (Phi) is 3.70. The highest BCUT2D eigenvalue weighted by molar-refractivity contribution is 5.86. The number of halogens is 1. The normalized spacial score (nSPS) is 10.4. The lowest BCUT2D eigenvalue weighted by molar-refractivity contribution is 0.0694. The van der Waals surface area contributed by atoms with Crippen LogP contribution in [-0.2, 0) is 12.8 Å². The van der Waals surface area contributed by atoms with Gasteiger partial charge in [-0.05, 0) is 18.1 Å². The number of H-pyrrole nitrogens is 1. The van der Waals surface area contributed by atoms with E-state index in [2.05, 4.69) is 9.97 Å². The highest BCUT2D eigenvalue weighted by atomic mass is 19.1. The molecular weight excluding hydrogens is 251 g/mol. The van der Waals surface area contributed by atoms with E-state index in [1.54, 1.807) is 18.2 Å². The van der Waals surface area contributed by atoms with Crippen LogP contribution in [0.2, 0.25) is 0 Å². The van der Waals surface area contributed by atoms with E-state index in [1.165, 1.54) is 6.07 Å². The third kappa shape index (κ3) is 3.04. The topological polar surface area (TPSA) is 83.0 Å². The van der Waals surface area contributed by atoms with Gasteiger partial charge in [0.05, 0.1) is 0 Å². The number of carbonyl (C=O) groups is 1. The molecule has 0 fully saturated rings. The van der Waals surface area contributed by atoms with Gasteiger partial charge in [0.1, 0.15) is 17.2 Å². The fourth-order valence-electron chi connectivity index (χ4n) is 1.67. The standard InChI is InChI=1S/C13H11FN2O3/c14-10-4-2-1-3-8(10)5-6-11-15-7-9(13(18)19)12(17)16-11/h1-4,7H,5-6H2,(H,18,19)(H,15,16,17). The molecule has 6 heteroatoms. The summed E-state index contributed by atoms with van der Waals surface area (Å²) in [6.45, 7) is 0. The maximum absolute atomic E-state index is 13.4. The first-order chi connectivity index (χ1) is 9.08. The van der Waals surface area contributed by atoms with Gasteiger partial charge in [-0.2, -0.15) is 0 Å². The second kappa shape index (κ2) is 5.43. The van der Waals surface area contributed by atoms with Crippen molar-refractivity contribution in [2.24, 2.45) is 0 Å². The fraction of sp³-hybridized carbons (Fsp3) is 0.154. The summed E-state index contributed by atoms with van der Waals surface area (Å²) in [5, 5.41) is 8.69. The van der Waals surface area contributed by atoms with E-state index in [0.29, 0.717) is 24.2 Å². The van der Waals surface area contributed by atoms with Gasteiger partial charge in [-0.1, -0.05) is 18.2 Å². The monoisotopic (exact) mass is 262 g/mol. The minimum atomic E-state index is -1.32. The second-order valence-electron chi connectivity index (χ2n) is 3.97. The Bertz CT molecular complexity index is 667. The van der Waals surface area contributed by atoms with E-state index < -0.39 is 17.1 Å². The zero-order valence-corrected chi connectivity index (χ0v) is 9.89. The number of benzene rings is 1. The number of nitrogens with one attached hydrogen (secondary N) is 1. The molecule has 0 aliphatic carbocycles. The summed E-state index contributed by atoms with van der Waals surface area (Å²) >= 11 is 0. The van der Waals surface area contributed by atoms with Crippen LogP contribution in [0.15, 0.2) is 35.3 Å². The number of carboxylic acid groups (broad SMARTS) is 1. The SMILES string of the molecule is O=C(O)c1cnc(CCc2ccccc2F)[nH]c1=O. The number of nitrogens with zero attached hydrogens (tertiary/aromatic N) is 1. The summed E-state index contributed by atoms with van der Waals surface area (Å²) in [6, 6.07) is 6.33. The van der Waals surface area contributed by atoms with Gasteiger partial charge in [0, 0.05) is 12.6 Å². The highest BCUT2D eigenvalue weighted by Crippen LogP contribution is 2.08. The Hall–Kier alpha value is -2.50. The first kappa shape index (κ1) is 12.9. The van der Waals surface area contributed by atoms with Crippen LogP contribution in [0.3, 0.4) is 0 Å². The number of aromatic amines is 1. The average Bonchev–Trinajstić information content (AvgIpc) is 2.37. The number of aromatic nitrogens is 2. The van der Waals surface area contributed by atoms with Crippen molar-refractivity contribution < 1.29 is 14.3 Å². The lowest BCUT2D eigenvalue weighted by Gasteiger charge is -2.03. The molecule has 0 saturated heterocycles. The van der Waals surface area contributed by atoms with Crippen molar-refractivity contribution in [3.63, 3.8) is 0 Å². The molecule has 0 amide bonds. The number of aromatic carboxylic acids is 1. The van der Waals surface area contributed by atoms with E-state index in [1.807, 2.05) is 0 Å². The van der Waals surface area contributed by atoms with Crippen LogP contribution < -0.4 is 5.56 Å². The molecular formula is C13H11FN2O3. The van der Waals surface area contributed by atoms with E-state index in [-0.39, 0.29) is 5.82 Å². The van der Waals surface area contributed by atoms with Crippen LogP contribution >= 0.6 is 0 Å². The van der Waals surface area contributed by atoms with Crippen molar-refractivity contribution in [3.8, 4) is 0 Å². The van der Waals surface area contributed by atoms with Gasteiger partial charge < -0.3 is 10.1 Å². The van der Waals surface area contributed by atoms with Crippen molar-refractivity contribution in [2.75, 3.05) is 0 Å². The second-order valence-corrected chi connectivity index (χ2v) is 3.97. The maximum atomic E-state index is 13.4. The average molecular weight is 262 g/mol. The quantitative estimate of drug-likeness (QED) is 0.872. The lowest BCUT2D eigenvalue weighted by atomic mass is 10.1. The third-order valence-electron chi connectivity index (χ3n) is 2.67. The smallest absolute Gasteiger partial charge is 0.342 e. The Labute approximate surface area is 107 Å². The first-order valence-electron chi connectivity index (χ1n) is 5.63. The summed E-state index contributed by atoms with van der Waals surface area (Å²) in [7, 11) is 0. The van der Waals surface area contributed by atoms with Gasteiger partial charge in [-0.3, -0.25) is 4.79 Å². The molecule has 1 heterocycles. The molecule has 2 aromatic rings. The number of aryl methyl sites for hydroxylation is 2. The van der Waals surface area contributed by atoms with E-state index in [4.69, 9.17) is 5.11 Å². The molecule has 0 radical (unpaired) electrons. The summed E-state index contributed by atoms with van der Waals surface area (Å²) in [5.74, 6) is -1.31. The summed E-state index contributed by atoms with van der Waals surface area (Å²) in [6.07, 6.45) is 1.72.